The summed E-state index contributed by atoms with van der Waals surface area (Å²) in [5, 5.41) is 10.2. The Kier molecular flexibility index (Phi) is 4.02. The molecule has 1 aromatic rings. The number of rotatable bonds is 3. The van der Waals surface area contributed by atoms with Crippen LogP contribution in [-0.2, 0) is 11.2 Å². The number of aliphatic hydroxyl groups excluding tert-OH is 1. The van der Waals surface area contributed by atoms with Crippen LogP contribution in [0.1, 0.15) is 18.9 Å². The third-order valence-electron chi connectivity index (χ3n) is 3.25. The Morgan fingerprint density at radius 1 is 1.59 bits per heavy atom. The van der Waals surface area contributed by atoms with Gasteiger partial charge in [-0.3, -0.25) is 0 Å². The molecule has 1 aliphatic heterocycles. The van der Waals surface area contributed by atoms with Crippen molar-refractivity contribution in [3.8, 4) is 0 Å². The average molecular weight is 259 g/mol. The van der Waals surface area contributed by atoms with Gasteiger partial charge in [0.1, 0.15) is 5.82 Å². The molecule has 0 radical (unpaired) electrons. The Hall–Kier alpha value is -0.640. The van der Waals surface area contributed by atoms with Gasteiger partial charge in [0.25, 0.3) is 0 Å². The number of benzene rings is 1. The summed E-state index contributed by atoms with van der Waals surface area (Å²) in [5.74, 6) is -0.0982. The summed E-state index contributed by atoms with van der Waals surface area (Å²) in [6.07, 6.45) is 0.626. The van der Waals surface area contributed by atoms with Crippen LogP contribution >= 0.6 is 11.6 Å². The molecule has 2 rings (SSSR count). The minimum Gasteiger partial charge on any atom is -0.390 e. The van der Waals surface area contributed by atoms with Crippen LogP contribution in [0.2, 0.25) is 5.02 Å². The lowest BCUT2D eigenvalue weighted by Gasteiger charge is -2.21. The SMILES string of the molecule is CC1CCOC1C(O)Cc1ccc(Cl)c(F)c1. The van der Waals surface area contributed by atoms with Gasteiger partial charge in [0.2, 0.25) is 0 Å². The standard InChI is InChI=1S/C13H16ClFO2/c1-8-4-5-17-13(8)12(16)7-9-2-3-10(14)11(15)6-9/h2-3,6,8,12-13,16H,4-5,7H2,1H3. The van der Waals surface area contributed by atoms with Gasteiger partial charge in [-0.2, -0.15) is 0 Å². The van der Waals surface area contributed by atoms with Gasteiger partial charge in [-0.05, 0) is 30.0 Å². The third-order valence-corrected chi connectivity index (χ3v) is 3.56. The van der Waals surface area contributed by atoms with Crippen LogP contribution in [0.15, 0.2) is 18.2 Å². The maximum absolute atomic E-state index is 13.2. The second kappa shape index (κ2) is 5.34. The number of aliphatic hydroxyl groups is 1. The molecule has 94 valence electrons. The number of halogens is 2. The maximum Gasteiger partial charge on any atom is 0.142 e. The molecule has 1 aromatic carbocycles. The Morgan fingerprint density at radius 2 is 2.35 bits per heavy atom. The van der Waals surface area contributed by atoms with Gasteiger partial charge >= 0.3 is 0 Å². The van der Waals surface area contributed by atoms with Gasteiger partial charge in [0.05, 0.1) is 17.2 Å². The van der Waals surface area contributed by atoms with Gasteiger partial charge in [-0.1, -0.05) is 24.6 Å². The largest absolute Gasteiger partial charge is 0.390 e. The first-order valence-electron chi connectivity index (χ1n) is 5.81. The van der Waals surface area contributed by atoms with Crippen molar-refractivity contribution in [3.05, 3.63) is 34.6 Å². The molecule has 1 saturated heterocycles. The van der Waals surface area contributed by atoms with Crippen molar-refractivity contribution in [1.29, 1.82) is 0 Å². The van der Waals surface area contributed by atoms with Gasteiger partial charge in [-0.15, -0.1) is 0 Å². The molecular formula is C13H16ClFO2. The van der Waals surface area contributed by atoms with Crippen molar-refractivity contribution in [3.63, 3.8) is 0 Å². The van der Waals surface area contributed by atoms with Crippen LogP contribution < -0.4 is 0 Å². The molecule has 3 unspecified atom stereocenters. The lowest BCUT2D eigenvalue weighted by Crippen LogP contribution is -2.31. The molecule has 1 aliphatic rings. The Labute approximate surface area is 105 Å². The molecule has 0 aliphatic carbocycles. The zero-order chi connectivity index (χ0) is 12.4. The van der Waals surface area contributed by atoms with Crippen LogP contribution in [-0.4, -0.2) is 23.9 Å². The average Bonchev–Trinajstić information content (AvgIpc) is 2.70. The molecule has 0 saturated carbocycles. The van der Waals surface area contributed by atoms with E-state index in [-0.39, 0.29) is 11.1 Å². The highest BCUT2D eigenvalue weighted by Gasteiger charge is 2.30. The molecule has 1 heterocycles. The van der Waals surface area contributed by atoms with Crippen LogP contribution in [0.25, 0.3) is 0 Å². The van der Waals surface area contributed by atoms with Gasteiger partial charge in [0, 0.05) is 13.0 Å². The van der Waals surface area contributed by atoms with Crippen LogP contribution in [0, 0.1) is 11.7 Å². The highest BCUT2D eigenvalue weighted by molar-refractivity contribution is 6.30. The molecule has 2 nitrogen and oxygen atoms in total. The summed E-state index contributed by atoms with van der Waals surface area (Å²) < 4.78 is 18.7. The molecular weight excluding hydrogens is 243 g/mol. The monoisotopic (exact) mass is 258 g/mol. The predicted molar refractivity (Wildman–Crippen MR) is 64.6 cm³/mol. The van der Waals surface area contributed by atoms with E-state index in [9.17, 15) is 9.50 Å². The molecule has 0 bridgehead atoms. The second-order valence-electron chi connectivity index (χ2n) is 4.62. The lowest BCUT2D eigenvalue weighted by atomic mass is 9.95. The molecule has 0 amide bonds. The summed E-state index contributed by atoms with van der Waals surface area (Å²) in [6.45, 7) is 2.75. The normalized spacial score (nSPS) is 26.1. The fourth-order valence-corrected chi connectivity index (χ4v) is 2.35. The third kappa shape index (κ3) is 2.97. The van der Waals surface area contributed by atoms with Crippen molar-refractivity contribution in [1.82, 2.24) is 0 Å². The van der Waals surface area contributed by atoms with E-state index in [1.165, 1.54) is 12.1 Å². The van der Waals surface area contributed by atoms with Gasteiger partial charge in [-0.25, -0.2) is 4.39 Å². The smallest absolute Gasteiger partial charge is 0.142 e. The van der Waals surface area contributed by atoms with E-state index in [0.29, 0.717) is 18.9 Å². The highest BCUT2D eigenvalue weighted by atomic mass is 35.5. The van der Waals surface area contributed by atoms with Crippen LogP contribution in [0.5, 0.6) is 0 Å². The second-order valence-corrected chi connectivity index (χ2v) is 5.03. The summed E-state index contributed by atoms with van der Waals surface area (Å²) in [7, 11) is 0. The van der Waals surface area contributed by atoms with Crippen molar-refractivity contribution in [2.45, 2.75) is 32.0 Å². The van der Waals surface area contributed by atoms with Crippen molar-refractivity contribution in [2.75, 3.05) is 6.61 Å². The zero-order valence-electron chi connectivity index (χ0n) is 9.70. The highest BCUT2D eigenvalue weighted by Crippen LogP contribution is 2.25. The van der Waals surface area contributed by atoms with E-state index in [2.05, 4.69) is 6.92 Å². The number of hydrogen-bond donors (Lipinski definition) is 1. The Balaban J connectivity index is 2.02. The van der Waals surface area contributed by atoms with Gasteiger partial charge < -0.3 is 9.84 Å². The quantitative estimate of drug-likeness (QED) is 0.903. The number of hydrogen-bond acceptors (Lipinski definition) is 2. The van der Waals surface area contributed by atoms with E-state index >= 15 is 0 Å². The first-order chi connectivity index (χ1) is 8.08. The fraction of sp³-hybridized carbons (Fsp3) is 0.538. The molecule has 0 spiro atoms. The summed E-state index contributed by atoms with van der Waals surface area (Å²) in [5.41, 5.74) is 0.738. The van der Waals surface area contributed by atoms with E-state index in [1.54, 1.807) is 6.07 Å². The van der Waals surface area contributed by atoms with Crippen molar-refractivity contribution >= 4 is 11.6 Å². The Bertz CT molecular complexity index is 397. The summed E-state index contributed by atoms with van der Waals surface area (Å²) >= 11 is 5.61. The van der Waals surface area contributed by atoms with E-state index in [4.69, 9.17) is 16.3 Å². The van der Waals surface area contributed by atoms with Crippen molar-refractivity contribution in [2.24, 2.45) is 5.92 Å². The minimum absolute atomic E-state index is 0.105. The fourth-order valence-electron chi connectivity index (χ4n) is 2.23. The predicted octanol–water partition coefficient (Wildman–Crippen LogP) is 2.81. The molecule has 1 fully saturated rings. The van der Waals surface area contributed by atoms with E-state index in [1.807, 2.05) is 0 Å². The molecule has 17 heavy (non-hydrogen) atoms. The molecule has 1 N–H and O–H groups in total. The Morgan fingerprint density at radius 3 is 2.94 bits per heavy atom. The van der Waals surface area contributed by atoms with E-state index < -0.39 is 11.9 Å². The van der Waals surface area contributed by atoms with Crippen LogP contribution in [0.4, 0.5) is 4.39 Å². The maximum atomic E-state index is 13.2. The molecule has 0 aromatic heterocycles. The summed E-state index contributed by atoms with van der Waals surface area (Å²) in [4.78, 5) is 0. The van der Waals surface area contributed by atoms with Crippen LogP contribution in [0.3, 0.4) is 0 Å². The van der Waals surface area contributed by atoms with Crippen molar-refractivity contribution < 1.29 is 14.2 Å². The van der Waals surface area contributed by atoms with Gasteiger partial charge in [0.15, 0.2) is 0 Å². The molecule has 3 atom stereocenters. The first kappa shape index (κ1) is 12.8. The van der Waals surface area contributed by atoms with E-state index in [0.717, 1.165) is 12.0 Å². The minimum atomic E-state index is -0.590. The lowest BCUT2D eigenvalue weighted by molar-refractivity contribution is -0.0157. The topological polar surface area (TPSA) is 29.5 Å². The zero-order valence-corrected chi connectivity index (χ0v) is 10.5. The summed E-state index contributed by atoms with van der Waals surface area (Å²) in [6, 6.07) is 4.61. The first-order valence-corrected chi connectivity index (χ1v) is 6.19. The molecule has 4 heteroatoms. The number of ether oxygens (including phenoxy) is 1.